The summed E-state index contributed by atoms with van der Waals surface area (Å²) in [4.78, 5) is 11.9. The first-order valence-corrected chi connectivity index (χ1v) is 6.38. The number of benzene rings is 1. The van der Waals surface area contributed by atoms with Gasteiger partial charge in [0.2, 0.25) is 0 Å². The molecule has 0 fully saturated rings. The summed E-state index contributed by atoms with van der Waals surface area (Å²) >= 11 is 0. The number of rotatable bonds is 7. The molecule has 1 aromatic carbocycles. The molecule has 1 unspecified atom stereocenters. The lowest BCUT2D eigenvalue weighted by Gasteiger charge is -2.11. The molecule has 1 atom stereocenters. The summed E-state index contributed by atoms with van der Waals surface area (Å²) < 4.78 is 5.49. The maximum absolute atomic E-state index is 11.9. The van der Waals surface area contributed by atoms with Crippen LogP contribution in [-0.2, 0) is 0 Å². The molecule has 0 heterocycles. The summed E-state index contributed by atoms with van der Waals surface area (Å²) in [5.41, 5.74) is 6.12. The Hall–Kier alpha value is -1.55. The Morgan fingerprint density at radius 2 is 2.28 bits per heavy atom. The molecular weight excluding hydrogens is 228 g/mol. The smallest absolute Gasteiger partial charge is 0.251 e. The number of hydrogen-bond donors (Lipinski definition) is 2. The summed E-state index contributed by atoms with van der Waals surface area (Å²) in [6.45, 7) is 5.87. The number of amides is 1. The first kappa shape index (κ1) is 14.5. The van der Waals surface area contributed by atoms with Gasteiger partial charge in [0.1, 0.15) is 5.75 Å². The molecule has 4 heteroatoms. The third-order valence-electron chi connectivity index (χ3n) is 2.58. The van der Waals surface area contributed by atoms with Crippen molar-refractivity contribution in [2.24, 2.45) is 11.7 Å². The zero-order valence-electron chi connectivity index (χ0n) is 11.1. The van der Waals surface area contributed by atoms with Gasteiger partial charge in [0.15, 0.2) is 0 Å². The summed E-state index contributed by atoms with van der Waals surface area (Å²) in [6.07, 6.45) is 0.949. The van der Waals surface area contributed by atoms with Gasteiger partial charge >= 0.3 is 0 Å². The molecule has 0 aliphatic rings. The number of hydrogen-bond acceptors (Lipinski definition) is 3. The minimum atomic E-state index is -0.0859. The molecule has 1 amide bonds. The van der Waals surface area contributed by atoms with Crippen LogP contribution >= 0.6 is 0 Å². The predicted octanol–water partition coefficient (Wildman–Crippen LogP) is 1.80. The maximum atomic E-state index is 11.9. The monoisotopic (exact) mass is 250 g/mol. The standard InChI is InChI=1S/C14H22N2O2/c1-3-7-18-13-6-4-5-12(8-13)14(17)16-10-11(2)9-15/h4-6,8,11H,3,7,9-10,15H2,1-2H3,(H,16,17). The lowest BCUT2D eigenvalue weighted by Crippen LogP contribution is -2.31. The summed E-state index contributed by atoms with van der Waals surface area (Å²) in [5.74, 6) is 0.932. The number of ether oxygens (including phenoxy) is 1. The fourth-order valence-corrected chi connectivity index (χ4v) is 1.40. The molecule has 4 nitrogen and oxygen atoms in total. The van der Waals surface area contributed by atoms with Gasteiger partial charge in [-0.1, -0.05) is 19.9 Å². The highest BCUT2D eigenvalue weighted by Crippen LogP contribution is 2.13. The van der Waals surface area contributed by atoms with Gasteiger partial charge in [-0.05, 0) is 37.1 Å². The fraction of sp³-hybridized carbons (Fsp3) is 0.500. The SMILES string of the molecule is CCCOc1cccc(C(=O)NCC(C)CN)c1. The van der Waals surface area contributed by atoms with Crippen molar-refractivity contribution in [3.63, 3.8) is 0 Å². The highest BCUT2D eigenvalue weighted by atomic mass is 16.5. The fourth-order valence-electron chi connectivity index (χ4n) is 1.40. The van der Waals surface area contributed by atoms with Crippen molar-refractivity contribution in [1.82, 2.24) is 5.32 Å². The van der Waals surface area contributed by atoms with Gasteiger partial charge in [0.05, 0.1) is 6.61 Å². The number of carbonyl (C=O) groups excluding carboxylic acids is 1. The number of carbonyl (C=O) groups is 1. The van der Waals surface area contributed by atoms with Crippen molar-refractivity contribution >= 4 is 5.91 Å². The normalized spacial score (nSPS) is 11.9. The van der Waals surface area contributed by atoms with Crippen LogP contribution in [0.5, 0.6) is 5.75 Å². The Morgan fingerprint density at radius 3 is 2.94 bits per heavy atom. The predicted molar refractivity (Wildman–Crippen MR) is 72.8 cm³/mol. The molecule has 0 aromatic heterocycles. The molecule has 1 aromatic rings. The van der Waals surface area contributed by atoms with Crippen LogP contribution in [0.15, 0.2) is 24.3 Å². The van der Waals surface area contributed by atoms with Crippen LogP contribution in [0.4, 0.5) is 0 Å². The average molecular weight is 250 g/mol. The molecule has 0 bridgehead atoms. The molecule has 0 aliphatic carbocycles. The van der Waals surface area contributed by atoms with Crippen LogP contribution in [0.3, 0.4) is 0 Å². The van der Waals surface area contributed by atoms with Gasteiger partial charge in [0.25, 0.3) is 5.91 Å². The number of nitrogens with two attached hydrogens (primary N) is 1. The molecule has 0 saturated carbocycles. The minimum absolute atomic E-state index is 0.0859. The first-order valence-electron chi connectivity index (χ1n) is 6.38. The van der Waals surface area contributed by atoms with E-state index < -0.39 is 0 Å². The van der Waals surface area contributed by atoms with Crippen molar-refractivity contribution in [2.75, 3.05) is 19.7 Å². The van der Waals surface area contributed by atoms with E-state index in [1.807, 2.05) is 26.0 Å². The molecule has 18 heavy (non-hydrogen) atoms. The largest absolute Gasteiger partial charge is 0.494 e. The molecule has 3 N–H and O–H groups in total. The van der Waals surface area contributed by atoms with Crippen LogP contribution in [0.1, 0.15) is 30.6 Å². The van der Waals surface area contributed by atoms with E-state index in [1.54, 1.807) is 12.1 Å². The minimum Gasteiger partial charge on any atom is -0.494 e. The van der Waals surface area contributed by atoms with E-state index >= 15 is 0 Å². The second-order valence-electron chi connectivity index (χ2n) is 4.43. The van der Waals surface area contributed by atoms with E-state index in [-0.39, 0.29) is 11.8 Å². The third-order valence-corrected chi connectivity index (χ3v) is 2.58. The van der Waals surface area contributed by atoms with Gasteiger partial charge in [-0.25, -0.2) is 0 Å². The van der Waals surface area contributed by atoms with Crippen molar-refractivity contribution in [1.29, 1.82) is 0 Å². The summed E-state index contributed by atoms with van der Waals surface area (Å²) in [5, 5.41) is 2.86. The van der Waals surface area contributed by atoms with Crippen LogP contribution < -0.4 is 15.8 Å². The van der Waals surface area contributed by atoms with Crippen molar-refractivity contribution < 1.29 is 9.53 Å². The lowest BCUT2D eigenvalue weighted by atomic mass is 10.1. The maximum Gasteiger partial charge on any atom is 0.251 e. The van der Waals surface area contributed by atoms with Crippen LogP contribution in [0, 0.1) is 5.92 Å². The Bertz CT molecular complexity index is 380. The Labute approximate surface area is 109 Å². The van der Waals surface area contributed by atoms with E-state index in [2.05, 4.69) is 5.32 Å². The summed E-state index contributed by atoms with van der Waals surface area (Å²) in [6, 6.07) is 7.22. The topological polar surface area (TPSA) is 64.3 Å². The lowest BCUT2D eigenvalue weighted by molar-refractivity contribution is 0.0948. The zero-order chi connectivity index (χ0) is 13.4. The molecular formula is C14H22N2O2. The van der Waals surface area contributed by atoms with Crippen LogP contribution in [0.25, 0.3) is 0 Å². The van der Waals surface area contributed by atoms with Crippen molar-refractivity contribution in [3.8, 4) is 5.75 Å². The molecule has 0 radical (unpaired) electrons. The second kappa shape index (κ2) is 7.71. The van der Waals surface area contributed by atoms with Gasteiger partial charge in [-0.15, -0.1) is 0 Å². The molecule has 0 aliphatic heterocycles. The Balaban J connectivity index is 2.56. The van der Waals surface area contributed by atoms with E-state index in [0.717, 1.165) is 12.2 Å². The molecule has 0 spiro atoms. The highest BCUT2D eigenvalue weighted by molar-refractivity contribution is 5.94. The van der Waals surface area contributed by atoms with Crippen LogP contribution in [-0.4, -0.2) is 25.6 Å². The first-order chi connectivity index (χ1) is 8.67. The van der Waals surface area contributed by atoms with E-state index in [9.17, 15) is 4.79 Å². The molecule has 0 saturated heterocycles. The zero-order valence-corrected chi connectivity index (χ0v) is 11.1. The van der Waals surface area contributed by atoms with Crippen LogP contribution in [0.2, 0.25) is 0 Å². The Morgan fingerprint density at radius 1 is 1.50 bits per heavy atom. The molecule has 1 rings (SSSR count). The van der Waals surface area contributed by atoms with Gasteiger partial charge < -0.3 is 15.8 Å². The number of nitrogens with one attached hydrogen (secondary N) is 1. The van der Waals surface area contributed by atoms with Gasteiger partial charge in [0, 0.05) is 12.1 Å². The van der Waals surface area contributed by atoms with E-state index in [4.69, 9.17) is 10.5 Å². The summed E-state index contributed by atoms with van der Waals surface area (Å²) in [7, 11) is 0. The van der Waals surface area contributed by atoms with Crippen molar-refractivity contribution in [3.05, 3.63) is 29.8 Å². The second-order valence-corrected chi connectivity index (χ2v) is 4.43. The quantitative estimate of drug-likeness (QED) is 0.775. The van der Waals surface area contributed by atoms with Crippen molar-refractivity contribution in [2.45, 2.75) is 20.3 Å². The van der Waals surface area contributed by atoms with Gasteiger partial charge in [-0.2, -0.15) is 0 Å². The van der Waals surface area contributed by atoms with E-state index in [0.29, 0.717) is 25.3 Å². The van der Waals surface area contributed by atoms with E-state index in [1.165, 1.54) is 0 Å². The highest BCUT2D eigenvalue weighted by Gasteiger charge is 2.07. The van der Waals surface area contributed by atoms with Gasteiger partial charge in [-0.3, -0.25) is 4.79 Å². The Kier molecular flexibility index (Phi) is 6.22. The third kappa shape index (κ3) is 4.75. The molecule has 100 valence electrons. The average Bonchev–Trinajstić information content (AvgIpc) is 2.42.